The number of carbonyl (C=O) groups is 3. The van der Waals surface area contributed by atoms with E-state index in [1.54, 1.807) is 43.8 Å². The topological polar surface area (TPSA) is 139 Å². The van der Waals surface area contributed by atoms with Gasteiger partial charge in [0.1, 0.15) is 23.5 Å². The third-order valence-corrected chi connectivity index (χ3v) is 5.24. The van der Waals surface area contributed by atoms with Gasteiger partial charge in [-0.05, 0) is 42.2 Å². The van der Waals surface area contributed by atoms with E-state index < -0.39 is 29.8 Å². The number of nitrogens with zero attached hydrogens (tertiary/aromatic N) is 1. The van der Waals surface area contributed by atoms with Gasteiger partial charge in [-0.1, -0.05) is 26.0 Å². The molecule has 2 unspecified atom stereocenters. The van der Waals surface area contributed by atoms with E-state index in [9.17, 15) is 14.4 Å². The van der Waals surface area contributed by atoms with Gasteiger partial charge in [-0.2, -0.15) is 0 Å². The molecule has 3 rings (SSSR count). The Balaban J connectivity index is 1.76. The minimum absolute atomic E-state index is 0.120. The minimum Gasteiger partial charge on any atom is -0.496 e. The number of hydrogen-bond acceptors (Lipinski definition) is 5. The van der Waals surface area contributed by atoms with Crippen molar-refractivity contribution in [3.63, 3.8) is 0 Å². The van der Waals surface area contributed by atoms with Crippen LogP contribution in [0.5, 0.6) is 5.75 Å². The molecule has 0 saturated heterocycles. The van der Waals surface area contributed by atoms with Crippen molar-refractivity contribution in [1.82, 2.24) is 20.6 Å². The number of aromatic amines is 1. The number of nitrogens with one attached hydrogen (secondary N) is 3. The molecule has 5 N–H and O–H groups in total. The number of benzene rings is 1. The first-order valence-corrected chi connectivity index (χ1v) is 10.7. The third kappa shape index (κ3) is 6.09. The van der Waals surface area contributed by atoms with Crippen molar-refractivity contribution in [1.29, 1.82) is 0 Å². The maximum absolute atomic E-state index is 13.0. The van der Waals surface area contributed by atoms with E-state index in [1.807, 2.05) is 26.0 Å². The molecule has 0 saturated carbocycles. The number of aromatic nitrogens is 2. The van der Waals surface area contributed by atoms with Gasteiger partial charge in [0.2, 0.25) is 11.8 Å². The molecule has 9 nitrogen and oxygen atoms in total. The van der Waals surface area contributed by atoms with E-state index in [1.165, 1.54) is 0 Å². The number of rotatable bonds is 10. The van der Waals surface area contributed by atoms with Gasteiger partial charge in [-0.15, -0.1) is 0 Å². The van der Waals surface area contributed by atoms with Crippen LogP contribution < -0.4 is 21.1 Å². The predicted octanol–water partition coefficient (Wildman–Crippen LogP) is 1.93. The van der Waals surface area contributed by atoms with Crippen molar-refractivity contribution in [3.8, 4) is 5.75 Å². The molecule has 0 fully saturated rings. The van der Waals surface area contributed by atoms with Crippen LogP contribution in [0.25, 0.3) is 10.9 Å². The quantitative estimate of drug-likeness (QED) is 0.373. The molecule has 0 spiro atoms. The molecule has 9 heteroatoms. The summed E-state index contributed by atoms with van der Waals surface area (Å²) in [7, 11) is 1.56. The Labute approximate surface area is 192 Å². The molecule has 0 aliphatic rings. The Morgan fingerprint density at radius 3 is 2.55 bits per heavy atom. The van der Waals surface area contributed by atoms with Crippen molar-refractivity contribution in [2.45, 2.75) is 38.8 Å². The monoisotopic (exact) mass is 451 g/mol. The number of pyridine rings is 1. The number of nitrogens with two attached hydrogens (primary N) is 1. The summed E-state index contributed by atoms with van der Waals surface area (Å²) in [4.78, 5) is 45.0. The fraction of sp³-hybridized carbons (Fsp3) is 0.333. The molecule has 2 heterocycles. The zero-order chi connectivity index (χ0) is 24.0. The Morgan fingerprint density at radius 1 is 1.12 bits per heavy atom. The lowest BCUT2D eigenvalue weighted by molar-refractivity contribution is -0.128. The molecule has 33 heavy (non-hydrogen) atoms. The zero-order valence-electron chi connectivity index (χ0n) is 18.9. The lowest BCUT2D eigenvalue weighted by Crippen LogP contribution is -2.54. The van der Waals surface area contributed by atoms with Gasteiger partial charge in [-0.25, -0.2) is 0 Å². The Bertz CT molecular complexity index is 1130. The number of methoxy groups -OCH3 is 1. The van der Waals surface area contributed by atoms with Crippen LogP contribution in [0, 0.1) is 5.92 Å². The van der Waals surface area contributed by atoms with E-state index in [0.717, 1.165) is 16.5 Å². The summed E-state index contributed by atoms with van der Waals surface area (Å²) in [5, 5.41) is 6.23. The van der Waals surface area contributed by atoms with Crippen LogP contribution in [-0.4, -0.2) is 46.9 Å². The lowest BCUT2D eigenvalue weighted by atomic mass is 10.0. The highest BCUT2D eigenvalue weighted by atomic mass is 16.5. The molecule has 174 valence electrons. The van der Waals surface area contributed by atoms with Crippen molar-refractivity contribution >= 4 is 28.6 Å². The van der Waals surface area contributed by atoms with Crippen LogP contribution >= 0.6 is 0 Å². The number of primary amides is 1. The summed E-state index contributed by atoms with van der Waals surface area (Å²) in [5.74, 6) is -0.812. The average molecular weight is 452 g/mol. The van der Waals surface area contributed by atoms with Crippen LogP contribution in [0.15, 0.2) is 48.8 Å². The molecule has 3 amide bonds. The first kappa shape index (κ1) is 23.8. The fourth-order valence-electron chi connectivity index (χ4n) is 3.62. The highest BCUT2D eigenvalue weighted by molar-refractivity contribution is 6.01. The van der Waals surface area contributed by atoms with Crippen LogP contribution in [0.2, 0.25) is 0 Å². The standard InChI is InChI=1S/C24H29N5O4/c1-14(2)10-19(23(31)28-18(22(25)30)11-15-6-5-9-26-13-15)29-24(32)20-12-16-17(27-20)7-4-8-21(16)33-3/h4-9,12-14,18-19,27H,10-11H2,1-3H3,(H2,25,30)(H,28,31)(H,29,32). The largest absolute Gasteiger partial charge is 0.496 e. The molecule has 1 aromatic carbocycles. The van der Waals surface area contributed by atoms with E-state index in [-0.39, 0.29) is 12.3 Å². The maximum atomic E-state index is 13.0. The fourth-order valence-corrected chi connectivity index (χ4v) is 3.62. The molecule has 0 aliphatic carbocycles. The molecular weight excluding hydrogens is 422 g/mol. The number of hydrogen-bond donors (Lipinski definition) is 4. The van der Waals surface area contributed by atoms with Crippen LogP contribution in [-0.2, 0) is 16.0 Å². The summed E-state index contributed by atoms with van der Waals surface area (Å²) < 4.78 is 5.34. The highest BCUT2D eigenvalue weighted by Gasteiger charge is 2.27. The Morgan fingerprint density at radius 2 is 1.91 bits per heavy atom. The summed E-state index contributed by atoms with van der Waals surface area (Å²) in [6, 6.07) is 8.91. The number of H-pyrrole nitrogens is 1. The second kappa shape index (κ2) is 10.6. The summed E-state index contributed by atoms with van der Waals surface area (Å²) >= 11 is 0. The van der Waals surface area contributed by atoms with Crippen LogP contribution in [0.4, 0.5) is 0 Å². The highest BCUT2D eigenvalue weighted by Crippen LogP contribution is 2.26. The predicted molar refractivity (Wildman–Crippen MR) is 125 cm³/mol. The number of carbonyl (C=O) groups excluding carboxylic acids is 3. The Hall–Kier alpha value is -3.88. The van der Waals surface area contributed by atoms with Crippen molar-refractivity contribution < 1.29 is 19.1 Å². The van der Waals surface area contributed by atoms with E-state index in [4.69, 9.17) is 10.5 Å². The van der Waals surface area contributed by atoms with E-state index >= 15 is 0 Å². The van der Waals surface area contributed by atoms with Gasteiger partial charge in [0.05, 0.1) is 7.11 Å². The van der Waals surface area contributed by atoms with Gasteiger partial charge in [0.25, 0.3) is 5.91 Å². The normalized spacial score (nSPS) is 12.8. The molecule has 2 aromatic heterocycles. The SMILES string of the molecule is COc1cccc2[nH]c(C(=O)NC(CC(C)C)C(=O)NC(Cc3cccnc3)C(N)=O)cc12. The van der Waals surface area contributed by atoms with Gasteiger partial charge in [-0.3, -0.25) is 19.4 Å². The number of fused-ring (bicyclic) bond motifs is 1. The first-order valence-electron chi connectivity index (χ1n) is 10.7. The molecule has 0 radical (unpaired) electrons. The van der Waals surface area contributed by atoms with Gasteiger partial charge in [0, 0.05) is 29.7 Å². The Kier molecular flexibility index (Phi) is 7.66. The first-order chi connectivity index (χ1) is 15.8. The lowest BCUT2D eigenvalue weighted by Gasteiger charge is -2.23. The van der Waals surface area contributed by atoms with Crippen molar-refractivity contribution in [2.24, 2.45) is 11.7 Å². The second-order valence-corrected chi connectivity index (χ2v) is 8.29. The maximum Gasteiger partial charge on any atom is 0.268 e. The zero-order valence-corrected chi connectivity index (χ0v) is 18.9. The minimum atomic E-state index is -0.925. The van der Waals surface area contributed by atoms with Crippen LogP contribution in [0.3, 0.4) is 0 Å². The third-order valence-electron chi connectivity index (χ3n) is 5.24. The molecule has 3 aromatic rings. The summed E-state index contributed by atoms with van der Waals surface area (Å²) in [5.41, 5.74) is 7.33. The molecule has 0 bridgehead atoms. The van der Waals surface area contributed by atoms with Crippen LogP contribution in [0.1, 0.15) is 36.3 Å². The van der Waals surface area contributed by atoms with E-state index in [2.05, 4.69) is 20.6 Å². The smallest absolute Gasteiger partial charge is 0.268 e. The van der Waals surface area contributed by atoms with Crippen molar-refractivity contribution in [2.75, 3.05) is 7.11 Å². The van der Waals surface area contributed by atoms with Gasteiger partial charge in [0.15, 0.2) is 0 Å². The number of amides is 3. The molecular formula is C24H29N5O4. The number of ether oxygens (including phenoxy) is 1. The summed E-state index contributed by atoms with van der Waals surface area (Å²) in [6.45, 7) is 3.89. The van der Waals surface area contributed by atoms with E-state index in [0.29, 0.717) is 17.9 Å². The molecule has 2 atom stereocenters. The summed E-state index contributed by atoms with van der Waals surface area (Å²) in [6.07, 6.45) is 3.83. The second-order valence-electron chi connectivity index (χ2n) is 8.29. The van der Waals surface area contributed by atoms with Gasteiger partial charge >= 0.3 is 0 Å². The van der Waals surface area contributed by atoms with Gasteiger partial charge < -0.3 is 26.1 Å². The molecule has 0 aliphatic heterocycles. The van der Waals surface area contributed by atoms with Crippen molar-refractivity contribution in [3.05, 3.63) is 60.0 Å². The average Bonchev–Trinajstić information content (AvgIpc) is 3.23.